The van der Waals surface area contributed by atoms with Gasteiger partial charge < -0.3 is 4.98 Å². The first-order valence-corrected chi connectivity index (χ1v) is 5.65. The normalized spacial score (nSPS) is 11.4. The van der Waals surface area contributed by atoms with E-state index >= 15 is 0 Å². The molecule has 1 aromatic carbocycles. The van der Waals surface area contributed by atoms with E-state index in [1.807, 2.05) is 13.1 Å². The van der Waals surface area contributed by atoms with Crippen molar-refractivity contribution < 1.29 is 0 Å². The zero-order valence-corrected chi connectivity index (χ0v) is 9.54. The average molecular weight is 210 g/mol. The predicted molar refractivity (Wildman–Crippen MR) is 67.7 cm³/mol. The Kier molecular flexibility index (Phi) is 1.96. The Morgan fingerprint density at radius 3 is 2.94 bits per heavy atom. The zero-order chi connectivity index (χ0) is 11.1. The van der Waals surface area contributed by atoms with E-state index in [0.717, 1.165) is 17.6 Å². The van der Waals surface area contributed by atoms with Gasteiger partial charge in [0.2, 0.25) is 0 Å². The highest BCUT2D eigenvalue weighted by molar-refractivity contribution is 6.08. The van der Waals surface area contributed by atoms with Gasteiger partial charge in [-0.2, -0.15) is 0 Å². The maximum absolute atomic E-state index is 4.33. The van der Waals surface area contributed by atoms with Gasteiger partial charge in [-0.25, -0.2) is 0 Å². The van der Waals surface area contributed by atoms with Gasteiger partial charge in [-0.15, -0.1) is 0 Å². The van der Waals surface area contributed by atoms with Crippen molar-refractivity contribution in [3.63, 3.8) is 0 Å². The zero-order valence-electron chi connectivity index (χ0n) is 9.54. The molecule has 0 amide bonds. The maximum atomic E-state index is 4.33. The molecule has 0 spiro atoms. The lowest BCUT2D eigenvalue weighted by molar-refractivity contribution is 1.16. The molecule has 2 aromatic heterocycles. The molecule has 16 heavy (non-hydrogen) atoms. The fourth-order valence-electron chi connectivity index (χ4n) is 2.33. The van der Waals surface area contributed by atoms with Crippen molar-refractivity contribution >= 4 is 21.8 Å². The predicted octanol–water partition coefficient (Wildman–Crippen LogP) is 3.59. The van der Waals surface area contributed by atoms with Crippen LogP contribution in [-0.4, -0.2) is 9.97 Å². The Morgan fingerprint density at radius 2 is 2.12 bits per heavy atom. The number of aromatic nitrogens is 2. The minimum Gasteiger partial charge on any atom is -0.353 e. The van der Waals surface area contributed by atoms with E-state index in [0.29, 0.717) is 0 Å². The van der Waals surface area contributed by atoms with Crippen LogP contribution in [0.15, 0.2) is 30.5 Å². The monoisotopic (exact) mass is 210 g/mol. The van der Waals surface area contributed by atoms with Gasteiger partial charge in [0.15, 0.2) is 0 Å². The first-order chi connectivity index (χ1) is 7.79. The number of rotatable bonds is 1. The quantitative estimate of drug-likeness (QED) is 0.653. The third-order valence-corrected chi connectivity index (χ3v) is 3.11. The molecule has 2 nitrogen and oxygen atoms in total. The molecule has 0 aliphatic heterocycles. The minimum absolute atomic E-state index is 1.06. The molecule has 2 heteroatoms. The number of pyridine rings is 1. The van der Waals surface area contributed by atoms with Crippen molar-refractivity contribution in [2.75, 3.05) is 0 Å². The lowest BCUT2D eigenvalue weighted by atomic mass is 10.0. The van der Waals surface area contributed by atoms with Gasteiger partial charge in [0.25, 0.3) is 0 Å². The maximum Gasteiger partial charge on any atom is 0.0651 e. The van der Waals surface area contributed by atoms with E-state index in [-0.39, 0.29) is 0 Å². The lowest BCUT2D eigenvalue weighted by Gasteiger charge is -1.99. The van der Waals surface area contributed by atoms with Crippen molar-refractivity contribution in [3.05, 3.63) is 41.7 Å². The molecule has 0 fully saturated rings. The van der Waals surface area contributed by atoms with Gasteiger partial charge in [-0.05, 0) is 31.0 Å². The minimum atomic E-state index is 1.06. The van der Waals surface area contributed by atoms with E-state index in [9.17, 15) is 0 Å². The topological polar surface area (TPSA) is 28.7 Å². The van der Waals surface area contributed by atoms with E-state index < -0.39 is 0 Å². The van der Waals surface area contributed by atoms with E-state index in [4.69, 9.17) is 0 Å². The summed E-state index contributed by atoms with van der Waals surface area (Å²) in [6.45, 7) is 4.23. The molecule has 0 unspecified atom stereocenters. The SMILES string of the molecule is CCc1cccc2[nH]c3cnc(C)cc3c12. The van der Waals surface area contributed by atoms with Crippen LogP contribution >= 0.6 is 0 Å². The second kappa shape index (κ2) is 3.34. The van der Waals surface area contributed by atoms with Crippen molar-refractivity contribution in [1.82, 2.24) is 9.97 Å². The van der Waals surface area contributed by atoms with Crippen molar-refractivity contribution in [1.29, 1.82) is 0 Å². The molecule has 3 rings (SSSR count). The number of nitrogens with one attached hydrogen (secondary N) is 1. The van der Waals surface area contributed by atoms with Gasteiger partial charge in [-0.1, -0.05) is 19.1 Å². The summed E-state index contributed by atoms with van der Waals surface area (Å²) in [5.74, 6) is 0. The van der Waals surface area contributed by atoms with Gasteiger partial charge in [0, 0.05) is 22.0 Å². The van der Waals surface area contributed by atoms with Gasteiger partial charge in [-0.3, -0.25) is 4.98 Å². The van der Waals surface area contributed by atoms with Crippen molar-refractivity contribution in [2.24, 2.45) is 0 Å². The summed E-state index contributed by atoms with van der Waals surface area (Å²) in [4.78, 5) is 7.74. The second-order valence-corrected chi connectivity index (χ2v) is 4.19. The summed E-state index contributed by atoms with van der Waals surface area (Å²) in [7, 11) is 0. The van der Waals surface area contributed by atoms with Crippen molar-refractivity contribution in [2.45, 2.75) is 20.3 Å². The third-order valence-electron chi connectivity index (χ3n) is 3.11. The fourth-order valence-corrected chi connectivity index (χ4v) is 2.33. The summed E-state index contributed by atoms with van der Waals surface area (Å²) in [5, 5.41) is 2.64. The highest BCUT2D eigenvalue weighted by atomic mass is 14.8. The Hall–Kier alpha value is -1.83. The first kappa shape index (κ1) is 9.40. The van der Waals surface area contributed by atoms with E-state index in [1.54, 1.807) is 0 Å². The van der Waals surface area contributed by atoms with Crippen LogP contribution < -0.4 is 0 Å². The molecule has 0 saturated heterocycles. The molecule has 0 aliphatic carbocycles. The van der Waals surface area contributed by atoms with E-state index in [1.165, 1.54) is 21.9 Å². The number of hydrogen-bond donors (Lipinski definition) is 1. The molecule has 0 saturated carbocycles. The fraction of sp³-hybridized carbons (Fsp3) is 0.214. The summed E-state index contributed by atoms with van der Waals surface area (Å²) in [6.07, 6.45) is 2.98. The highest BCUT2D eigenvalue weighted by Crippen LogP contribution is 2.28. The molecule has 0 radical (unpaired) electrons. The molecule has 80 valence electrons. The standard InChI is InChI=1S/C14H14N2/c1-3-10-5-4-6-12-14(10)11-7-9(2)15-8-13(11)16-12/h4-8,16H,3H2,1-2H3. The van der Waals surface area contributed by atoms with Gasteiger partial charge >= 0.3 is 0 Å². The molecule has 0 aliphatic rings. The van der Waals surface area contributed by atoms with Crippen LogP contribution in [0.4, 0.5) is 0 Å². The molecule has 0 atom stereocenters. The van der Waals surface area contributed by atoms with Crippen molar-refractivity contribution in [3.8, 4) is 0 Å². The number of H-pyrrole nitrogens is 1. The number of fused-ring (bicyclic) bond motifs is 3. The third kappa shape index (κ3) is 1.23. The molecule has 0 bridgehead atoms. The summed E-state index contributed by atoms with van der Waals surface area (Å²) in [6, 6.07) is 8.60. The lowest BCUT2D eigenvalue weighted by Crippen LogP contribution is -1.82. The van der Waals surface area contributed by atoms with Crippen LogP contribution in [0.2, 0.25) is 0 Å². The van der Waals surface area contributed by atoms with Gasteiger partial charge in [0.1, 0.15) is 0 Å². The summed E-state index contributed by atoms with van der Waals surface area (Å²) < 4.78 is 0. The van der Waals surface area contributed by atoms with Crippen LogP contribution in [0.25, 0.3) is 21.8 Å². The summed E-state index contributed by atoms with van der Waals surface area (Å²) in [5.41, 5.74) is 4.80. The van der Waals surface area contributed by atoms with Crippen LogP contribution in [0, 0.1) is 6.92 Å². The number of aromatic amines is 1. The highest BCUT2D eigenvalue weighted by Gasteiger charge is 2.07. The van der Waals surface area contributed by atoms with Crippen LogP contribution in [0.1, 0.15) is 18.2 Å². The molecular formula is C14H14N2. The Labute approximate surface area is 94.3 Å². The Bertz CT molecular complexity index is 665. The Morgan fingerprint density at radius 1 is 1.25 bits per heavy atom. The second-order valence-electron chi connectivity index (χ2n) is 4.19. The first-order valence-electron chi connectivity index (χ1n) is 5.65. The Balaban J connectivity index is 2.54. The summed E-state index contributed by atoms with van der Waals surface area (Å²) >= 11 is 0. The molecular weight excluding hydrogens is 196 g/mol. The molecule has 1 N–H and O–H groups in total. The van der Waals surface area contributed by atoms with Crippen LogP contribution in [0.3, 0.4) is 0 Å². The number of benzene rings is 1. The molecule has 3 aromatic rings. The van der Waals surface area contributed by atoms with Gasteiger partial charge in [0.05, 0.1) is 11.7 Å². The van der Waals surface area contributed by atoms with E-state index in [2.05, 4.69) is 41.2 Å². The van der Waals surface area contributed by atoms with Crippen LogP contribution in [0.5, 0.6) is 0 Å². The largest absolute Gasteiger partial charge is 0.353 e. The van der Waals surface area contributed by atoms with Crippen LogP contribution in [-0.2, 0) is 6.42 Å². The number of aryl methyl sites for hydroxylation is 2. The number of hydrogen-bond acceptors (Lipinski definition) is 1. The molecule has 2 heterocycles. The average Bonchev–Trinajstić information content (AvgIpc) is 2.66. The number of nitrogens with zero attached hydrogens (tertiary/aromatic N) is 1. The smallest absolute Gasteiger partial charge is 0.0651 e.